The molecule has 0 bridgehead atoms. The van der Waals surface area contributed by atoms with Crippen LogP contribution in [0.2, 0.25) is 0 Å². The lowest BCUT2D eigenvalue weighted by Crippen LogP contribution is -2.04. The van der Waals surface area contributed by atoms with Gasteiger partial charge in [0.25, 0.3) is 5.24 Å². The van der Waals surface area contributed by atoms with Crippen LogP contribution in [0.5, 0.6) is 0 Å². The van der Waals surface area contributed by atoms with Crippen LogP contribution in [0.15, 0.2) is 28.7 Å². The van der Waals surface area contributed by atoms with E-state index >= 15 is 0 Å². The largest absolute Gasteiger partial charge is 0.451 e. The lowest BCUT2D eigenvalue weighted by atomic mass is 10.1. The van der Waals surface area contributed by atoms with E-state index in [4.69, 9.17) is 16.0 Å². The van der Waals surface area contributed by atoms with Gasteiger partial charge >= 0.3 is 6.18 Å². The third kappa shape index (κ3) is 1.78. The van der Waals surface area contributed by atoms with E-state index in [0.717, 1.165) is 6.07 Å². The molecule has 0 fully saturated rings. The number of halogens is 4. The SMILES string of the molecule is O=C(Cl)c1cc2cccc(C(F)(F)F)c2o1. The van der Waals surface area contributed by atoms with E-state index in [1.54, 1.807) is 0 Å². The van der Waals surface area contributed by atoms with Crippen molar-refractivity contribution in [1.29, 1.82) is 0 Å². The second-order valence-electron chi connectivity index (χ2n) is 3.11. The summed E-state index contributed by atoms with van der Waals surface area (Å²) in [6.45, 7) is 0. The number of benzene rings is 1. The molecule has 2 nitrogen and oxygen atoms in total. The molecule has 0 radical (unpaired) electrons. The van der Waals surface area contributed by atoms with Crippen LogP contribution in [-0.2, 0) is 6.18 Å². The summed E-state index contributed by atoms with van der Waals surface area (Å²) in [6.07, 6.45) is -4.52. The number of rotatable bonds is 1. The summed E-state index contributed by atoms with van der Waals surface area (Å²) in [7, 11) is 0. The van der Waals surface area contributed by atoms with Crippen LogP contribution in [-0.4, -0.2) is 5.24 Å². The zero-order chi connectivity index (χ0) is 11.9. The lowest BCUT2D eigenvalue weighted by molar-refractivity contribution is -0.136. The van der Waals surface area contributed by atoms with Crippen molar-refractivity contribution in [2.24, 2.45) is 0 Å². The molecule has 84 valence electrons. The average molecular weight is 249 g/mol. The molecule has 1 aromatic carbocycles. The van der Waals surface area contributed by atoms with Gasteiger partial charge in [0.05, 0.1) is 5.56 Å². The number of furan rings is 1. The highest BCUT2D eigenvalue weighted by Gasteiger charge is 2.34. The van der Waals surface area contributed by atoms with Gasteiger partial charge < -0.3 is 4.42 Å². The Morgan fingerprint density at radius 1 is 1.31 bits per heavy atom. The number of fused-ring (bicyclic) bond motifs is 1. The Bertz CT molecular complexity index is 557. The fourth-order valence-corrected chi connectivity index (χ4v) is 1.48. The topological polar surface area (TPSA) is 30.2 Å². The number of carbonyl (C=O) groups is 1. The molecule has 1 aromatic heterocycles. The first kappa shape index (κ1) is 11.0. The third-order valence-corrected chi connectivity index (χ3v) is 2.23. The van der Waals surface area contributed by atoms with Gasteiger partial charge in [0.2, 0.25) is 0 Å². The van der Waals surface area contributed by atoms with Crippen molar-refractivity contribution in [3.05, 3.63) is 35.6 Å². The van der Waals surface area contributed by atoms with E-state index in [9.17, 15) is 18.0 Å². The first-order chi connectivity index (χ1) is 7.39. The molecule has 1 heterocycles. The van der Waals surface area contributed by atoms with Crippen molar-refractivity contribution < 1.29 is 22.4 Å². The van der Waals surface area contributed by atoms with Crippen LogP contribution in [0, 0.1) is 0 Å². The molecule has 0 amide bonds. The van der Waals surface area contributed by atoms with E-state index in [0.29, 0.717) is 0 Å². The molecule has 0 atom stereocenters. The van der Waals surface area contributed by atoms with E-state index in [2.05, 4.69) is 0 Å². The molecule has 0 aliphatic carbocycles. The van der Waals surface area contributed by atoms with Crippen molar-refractivity contribution in [2.45, 2.75) is 6.18 Å². The molecule has 0 aliphatic rings. The van der Waals surface area contributed by atoms with E-state index in [1.165, 1.54) is 18.2 Å². The second kappa shape index (κ2) is 3.52. The number of hydrogen-bond donors (Lipinski definition) is 0. The molecule has 0 unspecified atom stereocenters. The highest BCUT2D eigenvalue weighted by Crippen LogP contribution is 2.36. The Balaban J connectivity index is 2.73. The Morgan fingerprint density at radius 3 is 2.56 bits per heavy atom. The quantitative estimate of drug-likeness (QED) is 0.718. The van der Waals surface area contributed by atoms with Gasteiger partial charge in [-0.2, -0.15) is 13.2 Å². The molecule has 2 rings (SSSR count). The Kier molecular flexibility index (Phi) is 2.42. The highest BCUT2D eigenvalue weighted by molar-refractivity contribution is 6.67. The van der Waals surface area contributed by atoms with Crippen LogP contribution < -0.4 is 0 Å². The fourth-order valence-electron chi connectivity index (χ4n) is 1.38. The van der Waals surface area contributed by atoms with Crippen LogP contribution in [0.1, 0.15) is 16.1 Å². The summed E-state index contributed by atoms with van der Waals surface area (Å²) in [4.78, 5) is 10.8. The first-order valence-corrected chi connectivity index (χ1v) is 4.57. The van der Waals surface area contributed by atoms with E-state index < -0.39 is 17.0 Å². The van der Waals surface area contributed by atoms with Crippen molar-refractivity contribution >= 4 is 27.8 Å². The smallest absolute Gasteiger partial charge is 0.420 e. The van der Waals surface area contributed by atoms with Crippen molar-refractivity contribution in [1.82, 2.24) is 0 Å². The molecule has 2 aromatic rings. The molecule has 0 saturated heterocycles. The van der Waals surface area contributed by atoms with Gasteiger partial charge in [-0.05, 0) is 23.7 Å². The predicted octanol–water partition coefficient (Wildman–Crippen LogP) is 3.83. The predicted molar refractivity (Wildman–Crippen MR) is 51.4 cm³/mol. The average Bonchev–Trinajstić information content (AvgIpc) is 2.58. The van der Waals surface area contributed by atoms with Gasteiger partial charge in [0.1, 0.15) is 5.58 Å². The monoisotopic (exact) mass is 248 g/mol. The maximum absolute atomic E-state index is 12.6. The molecule has 0 N–H and O–H groups in total. The second-order valence-corrected chi connectivity index (χ2v) is 3.45. The maximum atomic E-state index is 12.6. The molecular weight excluding hydrogens is 245 g/mol. The first-order valence-electron chi connectivity index (χ1n) is 4.19. The minimum atomic E-state index is -4.52. The van der Waals surface area contributed by atoms with Gasteiger partial charge in [0.15, 0.2) is 5.76 Å². The molecule has 0 saturated carbocycles. The van der Waals surface area contributed by atoms with Crippen LogP contribution in [0.25, 0.3) is 11.0 Å². The number of para-hydroxylation sites is 1. The van der Waals surface area contributed by atoms with Crippen LogP contribution >= 0.6 is 11.6 Å². The van der Waals surface area contributed by atoms with Gasteiger partial charge in [-0.15, -0.1) is 0 Å². The minimum absolute atomic E-state index is 0.193. The summed E-state index contributed by atoms with van der Waals surface area (Å²) < 4.78 is 42.4. The number of alkyl halides is 3. The summed E-state index contributed by atoms with van der Waals surface area (Å²) >= 11 is 5.13. The zero-order valence-corrected chi connectivity index (χ0v) is 8.39. The standard InChI is InChI=1S/C10H4ClF3O2/c11-9(15)7-4-5-2-1-3-6(8(5)16-7)10(12,13)14/h1-4H. The van der Waals surface area contributed by atoms with E-state index in [-0.39, 0.29) is 16.7 Å². The molecular formula is C10H4ClF3O2. The number of carbonyl (C=O) groups excluding carboxylic acids is 1. The van der Waals surface area contributed by atoms with Gasteiger partial charge in [-0.3, -0.25) is 4.79 Å². The molecule has 0 spiro atoms. The van der Waals surface area contributed by atoms with Crippen molar-refractivity contribution in [2.75, 3.05) is 0 Å². The maximum Gasteiger partial charge on any atom is 0.420 e. The molecule has 16 heavy (non-hydrogen) atoms. The van der Waals surface area contributed by atoms with Gasteiger partial charge in [0, 0.05) is 5.39 Å². The number of hydrogen-bond acceptors (Lipinski definition) is 2. The Hall–Kier alpha value is -1.49. The van der Waals surface area contributed by atoms with Gasteiger partial charge in [-0.25, -0.2) is 0 Å². The lowest BCUT2D eigenvalue weighted by Gasteiger charge is -2.05. The van der Waals surface area contributed by atoms with Crippen molar-refractivity contribution in [3.63, 3.8) is 0 Å². The van der Waals surface area contributed by atoms with Gasteiger partial charge in [-0.1, -0.05) is 12.1 Å². The molecule has 6 heteroatoms. The van der Waals surface area contributed by atoms with Crippen LogP contribution in [0.3, 0.4) is 0 Å². The minimum Gasteiger partial charge on any atom is -0.451 e. The Morgan fingerprint density at radius 2 is 2.00 bits per heavy atom. The zero-order valence-electron chi connectivity index (χ0n) is 7.64. The highest BCUT2D eigenvalue weighted by atomic mass is 35.5. The summed E-state index contributed by atoms with van der Waals surface area (Å²) in [5, 5.41) is -0.733. The third-order valence-electron chi connectivity index (χ3n) is 2.04. The Labute approximate surface area is 92.6 Å². The fraction of sp³-hybridized carbons (Fsp3) is 0.100. The normalized spacial score (nSPS) is 12.0. The van der Waals surface area contributed by atoms with Crippen molar-refractivity contribution in [3.8, 4) is 0 Å². The van der Waals surface area contributed by atoms with Crippen LogP contribution in [0.4, 0.5) is 13.2 Å². The summed E-state index contributed by atoms with van der Waals surface area (Å²) in [5.41, 5.74) is -1.30. The molecule has 0 aliphatic heterocycles. The summed E-state index contributed by atoms with van der Waals surface area (Å²) in [5.74, 6) is -0.298. The summed E-state index contributed by atoms with van der Waals surface area (Å²) in [6, 6.07) is 4.72. The van der Waals surface area contributed by atoms with E-state index in [1.807, 2.05) is 0 Å².